The topological polar surface area (TPSA) is 159 Å². The Kier molecular flexibility index (Phi) is 127. The summed E-state index contributed by atoms with van der Waals surface area (Å²) in [6.07, 6.45) is 1.16. The van der Waals surface area contributed by atoms with Crippen LogP contribution in [-0.4, -0.2) is 116 Å². The number of hydrogen-bond donors (Lipinski definition) is 0. The van der Waals surface area contributed by atoms with E-state index in [1.165, 1.54) is 0 Å². The van der Waals surface area contributed by atoms with Crippen LogP contribution in [0.3, 0.4) is 0 Å². The number of rotatable bonds is 10. The van der Waals surface area contributed by atoms with E-state index in [0.29, 0.717) is 12.1 Å². The van der Waals surface area contributed by atoms with Crippen LogP contribution in [0, 0.1) is 0 Å². The largest absolute Gasteiger partial charge is 0.668 e. The molecule has 0 aliphatic heterocycles. The number of nitrogens with zero attached hydrogens (tertiary/aromatic N) is 12. The Morgan fingerprint density at radius 2 is 0.508 bits per heavy atom. The van der Waals surface area contributed by atoms with E-state index in [9.17, 15) is 0 Å². The third-order valence-electron chi connectivity index (χ3n) is 4.02. The normalized spacial score (nSPS) is 9.15. The van der Waals surface area contributed by atoms with Crippen LogP contribution in [0.2, 0.25) is 0 Å². The quantitative estimate of drug-likeness (QED) is 0.204. The average Bonchev–Trinajstić information content (AvgIpc) is 3.17. The van der Waals surface area contributed by atoms with Gasteiger partial charge in [0.15, 0.2) is 0 Å². The molecule has 0 N–H and O–H groups in total. The molecule has 18 heteroatoms. The first-order chi connectivity index (χ1) is 26.8. The van der Waals surface area contributed by atoms with E-state index in [2.05, 4.69) is 163 Å². The van der Waals surface area contributed by atoms with Crippen LogP contribution < -0.4 is 0 Å². The first kappa shape index (κ1) is 92.3. The molecule has 0 heterocycles. The molecular weight excluding hydrogens is 1750 g/mol. The van der Waals surface area contributed by atoms with Gasteiger partial charge >= 0.3 is 297 Å². The summed E-state index contributed by atoms with van der Waals surface area (Å²) in [5.74, 6) is 0. The Balaban J connectivity index is -0.0000000411. The number of hydrogen-bond acceptors (Lipinski definition) is 6. The van der Waals surface area contributed by atoms with Crippen molar-refractivity contribution in [2.45, 2.75) is 193 Å². The van der Waals surface area contributed by atoms with Gasteiger partial charge in [0, 0.05) is 0 Å². The molecule has 0 saturated heterocycles. The van der Waals surface area contributed by atoms with Gasteiger partial charge in [-0.15, -0.1) is 0 Å². The summed E-state index contributed by atoms with van der Waals surface area (Å²) in [5, 5.41) is 22.4. The van der Waals surface area contributed by atoms with Gasteiger partial charge in [0.05, 0.1) is 0 Å². The zero-order valence-electron chi connectivity index (χ0n) is 44.2. The molecule has 360 valence electrons. The van der Waals surface area contributed by atoms with E-state index in [4.69, 9.17) is 0 Å². The van der Waals surface area contributed by atoms with E-state index in [1.54, 1.807) is 42.3 Å². The molecule has 0 unspecified atom stereocenters. The fraction of sp³-hybridized carbons (Fsp3) is 1.00. The van der Waals surface area contributed by atoms with Gasteiger partial charge in [-0.1, -0.05) is 41.5 Å². The predicted molar refractivity (Wildman–Crippen MR) is 247 cm³/mol. The zero-order valence-corrected chi connectivity index (χ0v) is 63.4. The fourth-order valence-electron chi connectivity index (χ4n) is 0.518. The van der Waals surface area contributed by atoms with Crippen LogP contribution >= 0.6 is 0 Å². The maximum absolute atomic E-state index is 4.25. The predicted octanol–water partition coefficient (Wildman–Crippen LogP) is 14.8. The second kappa shape index (κ2) is 81.2. The van der Waals surface area contributed by atoms with Gasteiger partial charge in [0.2, 0.25) is 0 Å². The molecule has 0 amide bonds. The van der Waals surface area contributed by atoms with E-state index in [0.717, 1.165) is 171 Å². The maximum Gasteiger partial charge on any atom is -0.0844 e. The van der Waals surface area contributed by atoms with Gasteiger partial charge in [-0.25, -0.2) is 0 Å². The Labute approximate surface area is 446 Å². The molecule has 0 aliphatic carbocycles. The summed E-state index contributed by atoms with van der Waals surface area (Å²) in [6, 6.07) is 1.12. The first-order valence-corrected chi connectivity index (χ1v) is 28.9. The fourth-order valence-corrected chi connectivity index (χ4v) is 1.03. The van der Waals surface area contributed by atoms with Crippen molar-refractivity contribution < 1.29 is 125 Å². The molecule has 0 radical (unpaired) electrons. The monoisotopic (exact) mass is 1850 g/mol. The van der Waals surface area contributed by atoms with Crippen molar-refractivity contribution in [2.75, 3.05) is 81.6 Å². The van der Waals surface area contributed by atoms with Crippen LogP contribution in [-0.2, 0) is 125 Å². The molecule has 0 aromatic rings. The maximum atomic E-state index is 4.25. The Morgan fingerprint density at radius 3 is 0.508 bits per heavy atom. The van der Waals surface area contributed by atoms with Gasteiger partial charge in [0.1, 0.15) is 0 Å². The van der Waals surface area contributed by atoms with Crippen molar-refractivity contribution in [3.05, 3.63) is 31.9 Å². The van der Waals surface area contributed by atoms with E-state index in [1.807, 2.05) is 41.5 Å². The molecule has 0 fully saturated rings. The van der Waals surface area contributed by atoms with Crippen LogP contribution in [0.1, 0.15) is 159 Å². The van der Waals surface area contributed by atoms with Crippen LogP contribution in [0.5, 0.6) is 0 Å². The van der Waals surface area contributed by atoms with Crippen LogP contribution in [0.15, 0.2) is 20.0 Å². The molecule has 59 heavy (non-hydrogen) atoms. The SMILES string of the molecule is CC(C)(C)[N]=[Ta].CC(C)(C)[N]=[Ta].CC(C)(C)[N]=[Ta].CC(C)[N]=[Ta].CC(C)[N]=[Ta].CCC(C)(C)[N]=[Ta].CC[N-]C.CC[N-]C.CC[N-]CC.CC[N-]CC.C[N-]C.C[N-]C. The summed E-state index contributed by atoms with van der Waals surface area (Å²) in [5.41, 5.74) is 0.906. The van der Waals surface area contributed by atoms with Gasteiger partial charge in [-0.05, 0) is 0 Å². The Morgan fingerprint density at radius 1 is 0.373 bits per heavy atom. The third kappa shape index (κ3) is 271. The van der Waals surface area contributed by atoms with Crippen molar-refractivity contribution in [3.8, 4) is 0 Å². The molecule has 0 spiro atoms. The summed E-state index contributed by atoms with van der Waals surface area (Å²) in [6.45, 7) is 51.7. The molecule has 0 aliphatic rings. The summed E-state index contributed by atoms with van der Waals surface area (Å²) in [4.78, 5) is 0. The first-order valence-electron chi connectivity index (χ1n) is 20.3. The average molecular weight is 1850 g/mol. The molecule has 0 saturated carbocycles. The molecule has 0 atom stereocenters. The minimum atomic E-state index is 0.216. The van der Waals surface area contributed by atoms with Gasteiger partial charge < -0.3 is 31.9 Å². The Bertz CT molecular complexity index is 669. The molecule has 0 aromatic heterocycles. The molecule has 0 bridgehead atoms. The standard InChI is InChI=1S/C5H11N.3C4H9N.2C4H10N.2C3H8N.2C3H7N.2C2H6N.6Ta/c1-4-5(2,3)6;3*1-4(2,3)5;2*1-3-5-4-2;2*1-3-4-2;2*1-3(2)4;2*1-3-2;;;;;;/h4H2,1-3H3;3*1-3H3;2*3-4H2,1-2H3;2*3H2,1-2H3;2*3H,1-2H3;2*1-2H3;;;;;;/q;;;;4*-1;;;2*-1;;;;;;. The van der Waals surface area contributed by atoms with Crippen molar-refractivity contribution in [2.24, 2.45) is 20.0 Å². The molecular formula is C41H100N12Ta6-6. The minimum Gasteiger partial charge on any atom is -0.668 e. The van der Waals surface area contributed by atoms with Gasteiger partial charge in [-0.2, -0.15) is 81.6 Å². The van der Waals surface area contributed by atoms with Crippen molar-refractivity contribution >= 4 is 0 Å². The van der Waals surface area contributed by atoms with Crippen molar-refractivity contribution in [1.82, 2.24) is 0 Å². The van der Waals surface area contributed by atoms with Crippen molar-refractivity contribution in [3.63, 3.8) is 0 Å². The minimum absolute atomic E-state index is 0.216. The summed E-state index contributed by atoms with van der Waals surface area (Å²) >= 11 is 6.92. The molecule has 12 nitrogen and oxygen atoms in total. The third-order valence-corrected chi connectivity index (χ3v) is 15.8. The summed E-state index contributed by atoms with van der Waals surface area (Å²) < 4.78 is 24.6. The van der Waals surface area contributed by atoms with Crippen molar-refractivity contribution in [1.29, 1.82) is 0 Å². The smallest absolute Gasteiger partial charge is 0.0844 e. The molecule has 0 aromatic carbocycles. The van der Waals surface area contributed by atoms with Gasteiger partial charge in [0.25, 0.3) is 0 Å². The van der Waals surface area contributed by atoms with Crippen LogP contribution in [0.25, 0.3) is 31.9 Å². The Hall–Kier alpha value is 3.00. The van der Waals surface area contributed by atoms with E-state index in [-0.39, 0.29) is 22.2 Å². The van der Waals surface area contributed by atoms with Crippen LogP contribution in [0.4, 0.5) is 0 Å². The summed E-state index contributed by atoms with van der Waals surface area (Å²) in [7, 11) is 10.6. The second-order valence-corrected chi connectivity index (χ2v) is 19.9. The van der Waals surface area contributed by atoms with E-state index < -0.39 is 0 Å². The second-order valence-electron chi connectivity index (χ2n) is 15.4. The van der Waals surface area contributed by atoms with E-state index >= 15 is 0 Å². The zero-order chi connectivity index (χ0) is 50.6. The van der Waals surface area contributed by atoms with Gasteiger partial charge in [-0.3, -0.25) is 0 Å². The molecule has 0 rings (SSSR count).